The van der Waals surface area contributed by atoms with Gasteiger partial charge in [-0.1, -0.05) is 0 Å². The Hall–Kier alpha value is -1.20. The summed E-state index contributed by atoms with van der Waals surface area (Å²) in [4.78, 5) is 10.9. The van der Waals surface area contributed by atoms with E-state index in [0.717, 1.165) is 18.9 Å². The van der Waals surface area contributed by atoms with Crippen molar-refractivity contribution in [1.82, 2.24) is 15.3 Å². The van der Waals surface area contributed by atoms with E-state index in [9.17, 15) is 0 Å². The monoisotopic (exact) mass is 234 g/mol. The predicted octanol–water partition coefficient (Wildman–Crippen LogP) is 0.300. The second-order valence-electron chi connectivity index (χ2n) is 4.79. The lowest BCUT2D eigenvalue weighted by Crippen LogP contribution is -2.60. The van der Waals surface area contributed by atoms with Gasteiger partial charge in [-0.05, 0) is 25.3 Å². The van der Waals surface area contributed by atoms with Crippen LogP contribution in [0.3, 0.4) is 0 Å². The number of hydrogen-bond donors (Lipinski definition) is 2. The molecule has 2 aliphatic heterocycles. The van der Waals surface area contributed by atoms with Crippen molar-refractivity contribution < 1.29 is 5.11 Å². The number of piperazine rings is 1. The smallest absolute Gasteiger partial charge is 0.156 e. The van der Waals surface area contributed by atoms with E-state index in [1.54, 1.807) is 6.20 Å². The number of fused-ring (bicyclic) bond motifs is 2. The first-order valence-corrected chi connectivity index (χ1v) is 6.30. The van der Waals surface area contributed by atoms with E-state index in [2.05, 4.69) is 20.2 Å². The Morgan fingerprint density at radius 2 is 2.12 bits per heavy atom. The zero-order valence-electron chi connectivity index (χ0n) is 9.84. The molecular weight excluding hydrogens is 216 g/mol. The van der Waals surface area contributed by atoms with Gasteiger partial charge in [0.15, 0.2) is 5.82 Å². The number of aromatic nitrogens is 2. The summed E-state index contributed by atoms with van der Waals surface area (Å²) >= 11 is 0. The molecule has 5 heteroatoms. The number of rotatable bonds is 2. The van der Waals surface area contributed by atoms with Crippen LogP contribution in [-0.2, 0) is 6.61 Å². The summed E-state index contributed by atoms with van der Waals surface area (Å²) in [6.07, 6.45) is 5.50. The van der Waals surface area contributed by atoms with Crippen molar-refractivity contribution in [1.29, 1.82) is 0 Å². The van der Waals surface area contributed by atoms with Gasteiger partial charge in [-0.25, -0.2) is 9.97 Å². The van der Waals surface area contributed by atoms with Crippen LogP contribution in [0, 0.1) is 0 Å². The minimum absolute atomic E-state index is 0.0880. The van der Waals surface area contributed by atoms with E-state index in [0.29, 0.717) is 17.9 Å². The van der Waals surface area contributed by atoms with Gasteiger partial charge in [0.1, 0.15) is 12.4 Å². The van der Waals surface area contributed by atoms with Gasteiger partial charge in [-0.15, -0.1) is 0 Å². The van der Waals surface area contributed by atoms with E-state index in [4.69, 9.17) is 5.11 Å². The summed E-state index contributed by atoms with van der Waals surface area (Å²) in [5.41, 5.74) is 0. The average Bonchev–Trinajstić information content (AvgIpc) is 2.38. The number of nitrogens with one attached hydrogen (secondary N) is 1. The summed E-state index contributed by atoms with van der Waals surface area (Å²) < 4.78 is 0. The number of aliphatic hydroxyl groups excluding tert-OH is 1. The molecule has 5 nitrogen and oxygen atoms in total. The van der Waals surface area contributed by atoms with Crippen LogP contribution < -0.4 is 10.2 Å². The topological polar surface area (TPSA) is 61.3 Å². The number of piperidine rings is 1. The fourth-order valence-corrected chi connectivity index (χ4v) is 2.97. The molecule has 0 radical (unpaired) electrons. The van der Waals surface area contributed by atoms with Crippen molar-refractivity contribution in [2.75, 3.05) is 18.0 Å². The van der Waals surface area contributed by atoms with Gasteiger partial charge in [-0.2, -0.15) is 0 Å². The van der Waals surface area contributed by atoms with Crippen LogP contribution in [0.5, 0.6) is 0 Å². The second kappa shape index (κ2) is 4.58. The zero-order valence-corrected chi connectivity index (χ0v) is 9.84. The van der Waals surface area contributed by atoms with E-state index < -0.39 is 0 Å². The molecule has 2 unspecified atom stereocenters. The van der Waals surface area contributed by atoms with Gasteiger partial charge in [0.2, 0.25) is 0 Å². The molecule has 92 valence electrons. The van der Waals surface area contributed by atoms with Gasteiger partial charge < -0.3 is 15.3 Å². The lowest BCUT2D eigenvalue weighted by Gasteiger charge is -2.47. The van der Waals surface area contributed by atoms with Crippen LogP contribution in [-0.4, -0.2) is 40.2 Å². The molecule has 2 aliphatic rings. The highest BCUT2D eigenvalue weighted by Gasteiger charge is 2.34. The molecule has 2 fully saturated rings. The first-order chi connectivity index (χ1) is 8.38. The quantitative estimate of drug-likeness (QED) is 0.770. The summed E-state index contributed by atoms with van der Waals surface area (Å²) in [6, 6.07) is 3.04. The standard InChI is InChI=1S/C12H18N4O/c17-8-11-14-5-4-12(15-11)16-9-2-1-3-10(16)7-13-6-9/h4-5,9-10,13,17H,1-3,6-8H2. The molecule has 2 bridgehead atoms. The highest BCUT2D eigenvalue weighted by Crippen LogP contribution is 2.29. The number of nitrogens with zero attached hydrogens (tertiary/aromatic N) is 3. The molecule has 0 saturated carbocycles. The Kier molecular flexibility index (Phi) is 2.94. The van der Waals surface area contributed by atoms with Gasteiger partial charge >= 0.3 is 0 Å². The summed E-state index contributed by atoms with van der Waals surface area (Å²) in [7, 11) is 0. The number of aliphatic hydroxyl groups is 1. The van der Waals surface area contributed by atoms with Crippen LogP contribution in [0.2, 0.25) is 0 Å². The third-order valence-electron chi connectivity index (χ3n) is 3.72. The normalized spacial score (nSPS) is 28.2. The Morgan fingerprint density at radius 1 is 1.35 bits per heavy atom. The minimum Gasteiger partial charge on any atom is -0.388 e. The van der Waals surface area contributed by atoms with Crippen molar-refractivity contribution in [2.24, 2.45) is 0 Å². The number of hydrogen-bond acceptors (Lipinski definition) is 5. The Balaban J connectivity index is 1.90. The summed E-state index contributed by atoms with van der Waals surface area (Å²) in [5, 5.41) is 12.6. The maximum atomic E-state index is 9.11. The first kappa shape index (κ1) is 10.9. The van der Waals surface area contributed by atoms with Crippen molar-refractivity contribution in [2.45, 2.75) is 38.0 Å². The van der Waals surface area contributed by atoms with Crippen molar-refractivity contribution in [3.05, 3.63) is 18.1 Å². The fraction of sp³-hybridized carbons (Fsp3) is 0.667. The van der Waals surface area contributed by atoms with Crippen molar-refractivity contribution in [3.8, 4) is 0 Å². The van der Waals surface area contributed by atoms with Crippen LogP contribution in [0.25, 0.3) is 0 Å². The molecule has 17 heavy (non-hydrogen) atoms. The molecule has 3 rings (SSSR count). The largest absolute Gasteiger partial charge is 0.388 e. The van der Waals surface area contributed by atoms with Crippen LogP contribution >= 0.6 is 0 Å². The molecule has 1 aromatic heterocycles. The molecule has 2 atom stereocenters. The maximum Gasteiger partial charge on any atom is 0.156 e. The van der Waals surface area contributed by atoms with Crippen molar-refractivity contribution in [3.63, 3.8) is 0 Å². The Bertz CT molecular complexity index is 376. The minimum atomic E-state index is -0.0880. The van der Waals surface area contributed by atoms with E-state index >= 15 is 0 Å². The summed E-state index contributed by atoms with van der Waals surface area (Å²) in [5.74, 6) is 1.49. The third-order valence-corrected chi connectivity index (χ3v) is 3.72. The molecule has 0 aliphatic carbocycles. The van der Waals surface area contributed by atoms with Crippen LogP contribution in [0.4, 0.5) is 5.82 Å². The van der Waals surface area contributed by atoms with Gasteiger partial charge in [-0.3, -0.25) is 0 Å². The fourth-order valence-electron chi connectivity index (χ4n) is 2.97. The average molecular weight is 234 g/mol. The molecule has 3 heterocycles. The maximum absolute atomic E-state index is 9.11. The molecular formula is C12H18N4O. The Morgan fingerprint density at radius 3 is 2.82 bits per heavy atom. The van der Waals surface area contributed by atoms with Crippen molar-refractivity contribution >= 4 is 5.82 Å². The SMILES string of the molecule is OCc1nccc(N2C3CCCC2CNC3)n1. The third kappa shape index (κ3) is 2.00. The lowest BCUT2D eigenvalue weighted by atomic mass is 9.92. The highest BCUT2D eigenvalue weighted by molar-refractivity contribution is 5.42. The molecule has 0 aromatic carbocycles. The lowest BCUT2D eigenvalue weighted by molar-refractivity contribution is 0.270. The van der Waals surface area contributed by atoms with Crippen LogP contribution in [0.15, 0.2) is 12.3 Å². The first-order valence-electron chi connectivity index (χ1n) is 6.30. The number of anilines is 1. The van der Waals surface area contributed by atoms with Gasteiger partial charge in [0.25, 0.3) is 0 Å². The molecule has 0 spiro atoms. The second-order valence-corrected chi connectivity index (χ2v) is 4.79. The zero-order chi connectivity index (χ0) is 11.7. The highest BCUT2D eigenvalue weighted by atomic mass is 16.3. The predicted molar refractivity (Wildman–Crippen MR) is 64.7 cm³/mol. The molecule has 2 saturated heterocycles. The van der Waals surface area contributed by atoms with E-state index in [1.165, 1.54) is 19.3 Å². The summed E-state index contributed by atoms with van der Waals surface area (Å²) in [6.45, 7) is 1.99. The Labute approximate surface area is 101 Å². The molecule has 2 N–H and O–H groups in total. The van der Waals surface area contributed by atoms with E-state index in [-0.39, 0.29) is 6.61 Å². The molecule has 0 amide bonds. The molecule has 1 aromatic rings. The van der Waals surface area contributed by atoms with E-state index in [1.807, 2.05) is 6.07 Å². The van der Waals surface area contributed by atoms with Gasteiger partial charge in [0.05, 0.1) is 0 Å². The van der Waals surface area contributed by atoms with Crippen LogP contribution in [0.1, 0.15) is 25.1 Å². The van der Waals surface area contributed by atoms with Gasteiger partial charge in [0, 0.05) is 31.4 Å².